The van der Waals surface area contributed by atoms with Crippen molar-refractivity contribution in [2.24, 2.45) is 0 Å². The normalized spacial score (nSPS) is 14.3. The third-order valence-corrected chi connectivity index (χ3v) is 3.49. The van der Waals surface area contributed by atoms with Crippen molar-refractivity contribution < 1.29 is 14.7 Å². The fraction of sp³-hybridized carbons (Fsp3) is 0.438. The molecule has 1 aliphatic rings. The monoisotopic (exact) mass is 288 g/mol. The first-order valence-corrected chi connectivity index (χ1v) is 7.29. The molecule has 0 atom stereocenters. The number of unbranched alkanes of at least 4 members (excludes halogenated alkanes) is 1. The predicted octanol–water partition coefficient (Wildman–Crippen LogP) is 2.58. The first kappa shape index (κ1) is 15.2. The van der Waals surface area contributed by atoms with E-state index in [-0.39, 0.29) is 5.91 Å². The molecule has 21 heavy (non-hydrogen) atoms. The van der Waals surface area contributed by atoms with Crippen LogP contribution in [0.25, 0.3) is 6.08 Å². The molecule has 1 fully saturated rings. The Labute approximate surface area is 124 Å². The van der Waals surface area contributed by atoms with Crippen LogP contribution in [0.4, 0.5) is 0 Å². The lowest BCUT2D eigenvalue weighted by Gasteiger charge is -2.23. The predicted molar refractivity (Wildman–Crippen MR) is 79.9 cm³/mol. The number of nitrogens with zero attached hydrogens (tertiary/aromatic N) is 2. The quantitative estimate of drug-likeness (QED) is 0.783. The van der Waals surface area contributed by atoms with Gasteiger partial charge in [-0.3, -0.25) is 9.78 Å². The fourth-order valence-corrected chi connectivity index (χ4v) is 2.21. The first-order valence-electron chi connectivity index (χ1n) is 7.29. The van der Waals surface area contributed by atoms with Gasteiger partial charge >= 0.3 is 5.97 Å². The van der Waals surface area contributed by atoms with Crippen molar-refractivity contribution in [2.45, 2.75) is 38.6 Å². The molecule has 2 rings (SSSR count). The third-order valence-electron chi connectivity index (χ3n) is 3.49. The van der Waals surface area contributed by atoms with Gasteiger partial charge in [0.2, 0.25) is 0 Å². The van der Waals surface area contributed by atoms with Gasteiger partial charge in [-0.2, -0.15) is 0 Å². The Morgan fingerprint density at radius 2 is 2.24 bits per heavy atom. The third kappa shape index (κ3) is 4.15. The summed E-state index contributed by atoms with van der Waals surface area (Å²) in [5.41, 5.74) is 1.07. The van der Waals surface area contributed by atoms with E-state index in [0.29, 0.717) is 17.2 Å². The highest BCUT2D eigenvalue weighted by atomic mass is 16.4. The fourth-order valence-electron chi connectivity index (χ4n) is 2.21. The minimum atomic E-state index is -1.04. The van der Waals surface area contributed by atoms with Crippen LogP contribution in [0, 0.1) is 0 Å². The number of hydrogen-bond donors (Lipinski definition) is 1. The summed E-state index contributed by atoms with van der Waals surface area (Å²) in [7, 11) is 0. The van der Waals surface area contributed by atoms with Gasteiger partial charge in [0.1, 0.15) is 0 Å². The highest BCUT2D eigenvalue weighted by molar-refractivity contribution is 5.99. The van der Waals surface area contributed by atoms with Crippen LogP contribution in [0.3, 0.4) is 0 Å². The summed E-state index contributed by atoms with van der Waals surface area (Å²) in [5.74, 6) is -1.07. The summed E-state index contributed by atoms with van der Waals surface area (Å²) in [4.78, 5) is 29.2. The molecule has 0 saturated heterocycles. The summed E-state index contributed by atoms with van der Waals surface area (Å²) in [5, 5.41) is 8.73. The van der Waals surface area contributed by atoms with Crippen molar-refractivity contribution in [2.75, 3.05) is 6.54 Å². The van der Waals surface area contributed by atoms with Gasteiger partial charge < -0.3 is 10.0 Å². The topological polar surface area (TPSA) is 70.5 Å². The van der Waals surface area contributed by atoms with Gasteiger partial charge in [-0.15, -0.1) is 0 Å². The highest BCUT2D eigenvalue weighted by Gasteiger charge is 2.33. The smallest absolute Gasteiger partial charge is 0.328 e. The van der Waals surface area contributed by atoms with E-state index in [2.05, 4.69) is 11.9 Å². The minimum Gasteiger partial charge on any atom is -0.478 e. The SMILES string of the molecule is CCCCN(C(=O)c1ccncc1C=CC(=O)O)C1CC1. The van der Waals surface area contributed by atoms with Crippen LogP contribution in [-0.4, -0.2) is 39.5 Å². The zero-order valence-electron chi connectivity index (χ0n) is 12.2. The molecular weight excluding hydrogens is 268 g/mol. The summed E-state index contributed by atoms with van der Waals surface area (Å²) in [6.07, 6.45) is 9.68. The second kappa shape index (κ2) is 7.02. The lowest BCUT2D eigenvalue weighted by atomic mass is 10.1. The molecular formula is C16H20N2O3. The van der Waals surface area contributed by atoms with Crippen molar-refractivity contribution in [3.05, 3.63) is 35.7 Å². The average molecular weight is 288 g/mol. The van der Waals surface area contributed by atoms with Crippen molar-refractivity contribution in [1.29, 1.82) is 0 Å². The number of rotatable bonds is 7. The van der Waals surface area contributed by atoms with Gasteiger partial charge in [0.15, 0.2) is 0 Å². The van der Waals surface area contributed by atoms with Crippen LogP contribution in [0.1, 0.15) is 48.5 Å². The molecule has 0 aliphatic heterocycles. The molecule has 1 aromatic rings. The molecule has 0 aromatic carbocycles. The van der Waals surface area contributed by atoms with E-state index >= 15 is 0 Å². The number of pyridine rings is 1. The van der Waals surface area contributed by atoms with E-state index in [4.69, 9.17) is 5.11 Å². The summed E-state index contributed by atoms with van der Waals surface area (Å²) < 4.78 is 0. The maximum absolute atomic E-state index is 12.7. The van der Waals surface area contributed by atoms with Crippen molar-refractivity contribution >= 4 is 18.0 Å². The number of aromatic nitrogens is 1. The Morgan fingerprint density at radius 1 is 1.48 bits per heavy atom. The number of carboxylic acid groups (broad SMARTS) is 1. The number of hydrogen-bond acceptors (Lipinski definition) is 3. The van der Waals surface area contributed by atoms with E-state index in [1.807, 2.05) is 4.90 Å². The lowest BCUT2D eigenvalue weighted by molar-refractivity contribution is -0.131. The molecule has 1 heterocycles. The van der Waals surface area contributed by atoms with Gasteiger partial charge in [-0.25, -0.2) is 4.79 Å². The van der Waals surface area contributed by atoms with E-state index < -0.39 is 5.97 Å². The van der Waals surface area contributed by atoms with E-state index in [1.54, 1.807) is 12.3 Å². The van der Waals surface area contributed by atoms with Crippen molar-refractivity contribution in [3.63, 3.8) is 0 Å². The van der Waals surface area contributed by atoms with E-state index in [1.165, 1.54) is 12.3 Å². The van der Waals surface area contributed by atoms with Gasteiger partial charge in [-0.05, 0) is 31.4 Å². The number of aliphatic carboxylic acids is 1. The van der Waals surface area contributed by atoms with Gasteiger partial charge in [0.25, 0.3) is 5.91 Å². The Bertz CT molecular complexity index is 550. The molecule has 112 valence electrons. The molecule has 1 aliphatic carbocycles. The Kier molecular flexibility index (Phi) is 5.09. The molecule has 1 aromatic heterocycles. The van der Waals surface area contributed by atoms with Gasteiger partial charge in [0.05, 0.1) is 0 Å². The number of carbonyl (C=O) groups is 2. The van der Waals surface area contributed by atoms with Crippen molar-refractivity contribution in [1.82, 2.24) is 9.88 Å². The summed E-state index contributed by atoms with van der Waals surface area (Å²) in [6.45, 7) is 2.85. The van der Waals surface area contributed by atoms with Crippen LogP contribution in [0.15, 0.2) is 24.5 Å². The minimum absolute atomic E-state index is 0.0293. The maximum Gasteiger partial charge on any atom is 0.328 e. The zero-order chi connectivity index (χ0) is 15.2. The lowest BCUT2D eigenvalue weighted by Crippen LogP contribution is -2.34. The molecule has 5 heteroatoms. The molecule has 1 N–H and O–H groups in total. The van der Waals surface area contributed by atoms with Crippen LogP contribution in [0.5, 0.6) is 0 Å². The van der Waals surface area contributed by atoms with E-state index in [0.717, 1.165) is 38.3 Å². The number of carboxylic acids is 1. The second-order valence-electron chi connectivity index (χ2n) is 5.22. The van der Waals surface area contributed by atoms with Gasteiger partial charge in [0, 0.05) is 42.2 Å². The maximum atomic E-state index is 12.7. The Morgan fingerprint density at radius 3 is 2.86 bits per heavy atom. The summed E-state index contributed by atoms with van der Waals surface area (Å²) in [6, 6.07) is 2.00. The Hall–Kier alpha value is -2.17. The molecule has 5 nitrogen and oxygen atoms in total. The van der Waals surface area contributed by atoms with Crippen molar-refractivity contribution in [3.8, 4) is 0 Å². The Balaban J connectivity index is 2.22. The van der Waals surface area contributed by atoms with Crippen LogP contribution in [-0.2, 0) is 4.79 Å². The van der Waals surface area contributed by atoms with Crippen LogP contribution < -0.4 is 0 Å². The zero-order valence-corrected chi connectivity index (χ0v) is 12.2. The van der Waals surface area contributed by atoms with E-state index in [9.17, 15) is 9.59 Å². The standard InChI is InChI=1S/C16H20N2O3/c1-2-3-10-18(13-5-6-13)16(21)14-8-9-17-11-12(14)4-7-15(19)20/h4,7-9,11,13H,2-3,5-6,10H2,1H3,(H,19,20). The number of amides is 1. The average Bonchev–Trinajstić information content (AvgIpc) is 3.30. The largest absolute Gasteiger partial charge is 0.478 e. The molecule has 0 radical (unpaired) electrons. The molecule has 0 bridgehead atoms. The number of carbonyl (C=O) groups excluding carboxylic acids is 1. The van der Waals surface area contributed by atoms with Gasteiger partial charge in [-0.1, -0.05) is 13.3 Å². The molecule has 0 spiro atoms. The second-order valence-corrected chi connectivity index (χ2v) is 5.22. The van der Waals surface area contributed by atoms with Crippen LogP contribution in [0.2, 0.25) is 0 Å². The highest BCUT2D eigenvalue weighted by Crippen LogP contribution is 2.29. The molecule has 1 amide bonds. The molecule has 0 unspecified atom stereocenters. The summed E-state index contributed by atoms with van der Waals surface area (Å²) >= 11 is 0. The molecule has 1 saturated carbocycles. The first-order chi connectivity index (χ1) is 10.1. The van der Waals surface area contributed by atoms with Crippen LogP contribution >= 0.6 is 0 Å².